The second kappa shape index (κ2) is 6.16. The lowest BCUT2D eigenvalue weighted by atomic mass is 10.1. The molecule has 0 bridgehead atoms. The summed E-state index contributed by atoms with van der Waals surface area (Å²) in [6.45, 7) is 0. The van der Waals surface area contributed by atoms with Crippen molar-refractivity contribution in [2.45, 2.75) is 6.04 Å². The minimum Gasteiger partial charge on any atom is -0.348 e. The fourth-order valence-electron chi connectivity index (χ4n) is 1.37. The molecule has 94 valence electrons. The minimum atomic E-state index is -3.29. The Morgan fingerprint density at radius 1 is 1.35 bits per heavy atom. The van der Waals surface area contributed by atoms with Gasteiger partial charge in [0.1, 0.15) is 5.75 Å². The average Bonchev–Trinajstić information content (AvgIpc) is 2.24. The Bertz CT molecular complexity index is 473. The molecule has 1 rings (SSSR count). The number of rotatable bonds is 5. The van der Waals surface area contributed by atoms with Gasteiger partial charge in [-0.05, 0) is 5.56 Å². The first kappa shape index (κ1) is 14.2. The Kier molecular flexibility index (Phi) is 5.14. The molecule has 0 heterocycles. The first-order valence-corrected chi connectivity index (χ1v) is 8.18. The van der Waals surface area contributed by atoms with Crippen LogP contribution in [0.25, 0.3) is 0 Å². The molecular formula is C11H14BrNO3S. The maximum absolute atomic E-state index is 11.5. The number of hydrogen-bond acceptors (Lipinski definition) is 3. The van der Waals surface area contributed by atoms with Gasteiger partial charge in [0.05, 0.1) is 6.04 Å². The molecular weight excluding hydrogens is 306 g/mol. The fourth-order valence-corrected chi connectivity index (χ4v) is 2.47. The second-order valence-electron chi connectivity index (χ2n) is 3.76. The lowest BCUT2D eigenvalue weighted by Gasteiger charge is -2.16. The van der Waals surface area contributed by atoms with E-state index < -0.39 is 21.5 Å². The summed E-state index contributed by atoms with van der Waals surface area (Å²) in [5.74, 6) is -0.968. The molecule has 0 aliphatic rings. The van der Waals surface area contributed by atoms with Gasteiger partial charge in [0.15, 0.2) is 9.84 Å². The van der Waals surface area contributed by atoms with Crippen LogP contribution in [0.1, 0.15) is 11.6 Å². The van der Waals surface area contributed by atoms with E-state index in [4.69, 9.17) is 0 Å². The van der Waals surface area contributed by atoms with Gasteiger partial charge in [0.25, 0.3) is 0 Å². The predicted octanol–water partition coefficient (Wildman–Crippen LogP) is 1.28. The highest BCUT2D eigenvalue weighted by Crippen LogP contribution is 2.14. The van der Waals surface area contributed by atoms with E-state index >= 15 is 0 Å². The number of carbonyl (C=O) groups excluding carboxylic acids is 1. The molecule has 1 aromatic rings. The number of benzene rings is 1. The SMILES string of the molecule is CS(=O)(=O)CC(=O)NC(CBr)c1ccccc1. The van der Waals surface area contributed by atoms with E-state index in [2.05, 4.69) is 21.2 Å². The molecule has 0 saturated heterocycles. The van der Waals surface area contributed by atoms with Crippen molar-refractivity contribution in [1.29, 1.82) is 0 Å². The summed E-state index contributed by atoms with van der Waals surface area (Å²) in [6, 6.07) is 9.17. The smallest absolute Gasteiger partial charge is 0.235 e. The average molecular weight is 320 g/mol. The molecule has 6 heteroatoms. The summed E-state index contributed by atoms with van der Waals surface area (Å²) in [5.41, 5.74) is 0.936. The number of halogens is 1. The Hall–Kier alpha value is -0.880. The zero-order chi connectivity index (χ0) is 12.9. The zero-order valence-electron chi connectivity index (χ0n) is 9.39. The largest absolute Gasteiger partial charge is 0.348 e. The van der Waals surface area contributed by atoms with Crippen molar-refractivity contribution in [3.05, 3.63) is 35.9 Å². The highest BCUT2D eigenvalue weighted by molar-refractivity contribution is 9.09. The predicted molar refractivity (Wildman–Crippen MR) is 70.8 cm³/mol. The van der Waals surface area contributed by atoms with Gasteiger partial charge in [-0.3, -0.25) is 4.79 Å². The standard InChI is InChI=1S/C11H14BrNO3S/c1-17(15,16)8-11(14)13-10(7-12)9-5-3-2-4-6-9/h2-6,10H,7-8H2,1H3,(H,13,14). The van der Waals surface area contributed by atoms with E-state index in [0.29, 0.717) is 5.33 Å². The minimum absolute atomic E-state index is 0.217. The normalized spacial score (nSPS) is 13.1. The maximum atomic E-state index is 11.5. The van der Waals surface area contributed by atoms with Crippen molar-refractivity contribution in [3.8, 4) is 0 Å². The van der Waals surface area contributed by atoms with Crippen molar-refractivity contribution in [2.75, 3.05) is 17.3 Å². The van der Waals surface area contributed by atoms with Crippen LogP contribution in [0.2, 0.25) is 0 Å². The van der Waals surface area contributed by atoms with E-state index in [1.165, 1.54) is 0 Å². The molecule has 1 aromatic carbocycles. The summed E-state index contributed by atoms with van der Waals surface area (Å²) >= 11 is 3.30. The first-order valence-electron chi connectivity index (χ1n) is 5.00. The van der Waals surface area contributed by atoms with Crippen LogP contribution in [0.5, 0.6) is 0 Å². The van der Waals surface area contributed by atoms with E-state index in [0.717, 1.165) is 11.8 Å². The van der Waals surface area contributed by atoms with Crippen molar-refractivity contribution in [3.63, 3.8) is 0 Å². The van der Waals surface area contributed by atoms with Gasteiger partial charge < -0.3 is 5.32 Å². The maximum Gasteiger partial charge on any atom is 0.235 e. The molecule has 0 fully saturated rings. The van der Waals surface area contributed by atoms with Gasteiger partial charge in [0, 0.05) is 11.6 Å². The third kappa shape index (κ3) is 5.32. The summed E-state index contributed by atoms with van der Waals surface area (Å²) in [7, 11) is -3.29. The molecule has 0 saturated carbocycles. The van der Waals surface area contributed by atoms with Crippen LogP contribution in [0.4, 0.5) is 0 Å². The number of amides is 1. The number of alkyl halides is 1. The lowest BCUT2D eigenvalue weighted by Crippen LogP contribution is -2.34. The van der Waals surface area contributed by atoms with Crippen molar-refractivity contribution < 1.29 is 13.2 Å². The zero-order valence-corrected chi connectivity index (χ0v) is 11.8. The van der Waals surface area contributed by atoms with Crippen LogP contribution < -0.4 is 5.32 Å². The Balaban J connectivity index is 2.69. The summed E-state index contributed by atoms with van der Waals surface area (Å²) < 4.78 is 22.0. The van der Waals surface area contributed by atoms with Gasteiger partial charge >= 0.3 is 0 Å². The highest BCUT2D eigenvalue weighted by atomic mass is 79.9. The van der Waals surface area contributed by atoms with Gasteiger partial charge in [-0.1, -0.05) is 46.3 Å². The van der Waals surface area contributed by atoms with Crippen LogP contribution in [0.15, 0.2) is 30.3 Å². The molecule has 0 aromatic heterocycles. The summed E-state index contributed by atoms with van der Waals surface area (Å²) in [5, 5.41) is 3.21. The quantitative estimate of drug-likeness (QED) is 0.832. The van der Waals surface area contributed by atoms with Crippen molar-refractivity contribution in [1.82, 2.24) is 5.32 Å². The third-order valence-corrected chi connectivity index (χ3v) is 3.52. The Morgan fingerprint density at radius 2 is 1.94 bits per heavy atom. The van der Waals surface area contributed by atoms with E-state index in [-0.39, 0.29) is 6.04 Å². The molecule has 0 radical (unpaired) electrons. The van der Waals surface area contributed by atoms with E-state index in [9.17, 15) is 13.2 Å². The fraction of sp³-hybridized carbons (Fsp3) is 0.364. The molecule has 4 nitrogen and oxygen atoms in total. The topological polar surface area (TPSA) is 63.2 Å². The number of nitrogens with one attached hydrogen (secondary N) is 1. The van der Waals surface area contributed by atoms with Crippen LogP contribution in [0.3, 0.4) is 0 Å². The number of hydrogen-bond donors (Lipinski definition) is 1. The van der Waals surface area contributed by atoms with Crippen LogP contribution >= 0.6 is 15.9 Å². The van der Waals surface area contributed by atoms with Crippen molar-refractivity contribution >= 4 is 31.7 Å². The van der Waals surface area contributed by atoms with Crippen LogP contribution in [-0.2, 0) is 14.6 Å². The third-order valence-electron chi connectivity index (χ3n) is 2.08. The van der Waals surface area contributed by atoms with Crippen LogP contribution in [0, 0.1) is 0 Å². The molecule has 0 aliphatic carbocycles. The van der Waals surface area contributed by atoms with Gasteiger partial charge in [0.2, 0.25) is 5.91 Å². The van der Waals surface area contributed by atoms with E-state index in [1.54, 1.807) is 0 Å². The summed E-state index contributed by atoms with van der Waals surface area (Å²) in [4.78, 5) is 11.5. The molecule has 1 atom stereocenters. The molecule has 0 spiro atoms. The van der Waals surface area contributed by atoms with Gasteiger partial charge in [-0.15, -0.1) is 0 Å². The molecule has 1 unspecified atom stereocenters. The van der Waals surface area contributed by atoms with E-state index in [1.807, 2.05) is 30.3 Å². The number of sulfone groups is 1. The van der Waals surface area contributed by atoms with Gasteiger partial charge in [-0.2, -0.15) is 0 Å². The number of carbonyl (C=O) groups is 1. The molecule has 17 heavy (non-hydrogen) atoms. The Labute approximate surface area is 109 Å². The molecule has 1 N–H and O–H groups in total. The highest BCUT2D eigenvalue weighted by Gasteiger charge is 2.16. The summed E-state index contributed by atoms with van der Waals surface area (Å²) in [6.07, 6.45) is 1.04. The monoisotopic (exact) mass is 319 g/mol. The van der Waals surface area contributed by atoms with Crippen molar-refractivity contribution in [2.24, 2.45) is 0 Å². The first-order chi connectivity index (χ1) is 7.92. The molecule has 0 aliphatic heterocycles. The van der Waals surface area contributed by atoms with Gasteiger partial charge in [-0.25, -0.2) is 8.42 Å². The Morgan fingerprint density at radius 3 is 2.41 bits per heavy atom. The second-order valence-corrected chi connectivity index (χ2v) is 6.54. The lowest BCUT2D eigenvalue weighted by molar-refractivity contribution is -0.119. The molecule has 1 amide bonds. The van der Waals surface area contributed by atoms with Crippen LogP contribution in [-0.4, -0.2) is 31.7 Å².